The Labute approximate surface area is 106 Å². The van der Waals surface area contributed by atoms with Gasteiger partial charge in [0.25, 0.3) is 0 Å². The zero-order valence-corrected chi connectivity index (χ0v) is 10.9. The molecule has 17 heavy (non-hydrogen) atoms. The van der Waals surface area contributed by atoms with E-state index in [0.29, 0.717) is 17.2 Å². The van der Waals surface area contributed by atoms with Crippen LogP contribution >= 0.6 is 11.6 Å². The minimum absolute atomic E-state index is 0.192. The van der Waals surface area contributed by atoms with Crippen molar-refractivity contribution in [2.75, 3.05) is 20.2 Å². The van der Waals surface area contributed by atoms with Crippen LogP contribution in [0.15, 0.2) is 6.07 Å². The van der Waals surface area contributed by atoms with Crippen molar-refractivity contribution in [1.29, 1.82) is 0 Å². The number of ether oxygens (including phenoxy) is 1. The lowest BCUT2D eigenvalue weighted by molar-refractivity contribution is 0.385. The van der Waals surface area contributed by atoms with Crippen molar-refractivity contribution >= 4 is 11.6 Å². The second-order valence-corrected chi connectivity index (χ2v) is 4.85. The highest BCUT2D eigenvalue weighted by molar-refractivity contribution is 6.31. The second kappa shape index (κ2) is 5.23. The minimum atomic E-state index is -0.374. The standard InChI is InChI=1S/C13H17ClFNO/c1-8-12(15)11(14)7-10(13(8)17-2)9-3-5-16-6-4-9/h7,9,16H,3-6H2,1-2H3. The summed E-state index contributed by atoms with van der Waals surface area (Å²) in [5.74, 6) is 0.683. The molecular formula is C13H17ClFNO. The number of hydrogen-bond donors (Lipinski definition) is 1. The summed E-state index contributed by atoms with van der Waals surface area (Å²) < 4.78 is 19.0. The van der Waals surface area contributed by atoms with Gasteiger partial charge < -0.3 is 10.1 Å². The van der Waals surface area contributed by atoms with Crippen molar-refractivity contribution in [1.82, 2.24) is 5.32 Å². The van der Waals surface area contributed by atoms with Crippen molar-refractivity contribution in [2.45, 2.75) is 25.7 Å². The fourth-order valence-electron chi connectivity index (χ4n) is 2.47. The van der Waals surface area contributed by atoms with Gasteiger partial charge in [-0.25, -0.2) is 4.39 Å². The summed E-state index contributed by atoms with van der Waals surface area (Å²) in [7, 11) is 1.58. The van der Waals surface area contributed by atoms with E-state index in [2.05, 4.69) is 5.32 Å². The molecule has 0 aliphatic carbocycles. The zero-order valence-electron chi connectivity index (χ0n) is 10.1. The molecule has 94 valence electrons. The molecule has 0 amide bonds. The number of hydrogen-bond acceptors (Lipinski definition) is 2. The second-order valence-electron chi connectivity index (χ2n) is 4.44. The van der Waals surface area contributed by atoms with E-state index in [9.17, 15) is 4.39 Å². The number of methoxy groups -OCH3 is 1. The lowest BCUT2D eigenvalue weighted by Gasteiger charge is -2.25. The van der Waals surface area contributed by atoms with E-state index in [1.807, 2.05) is 0 Å². The molecule has 1 aromatic carbocycles. The first kappa shape index (κ1) is 12.7. The molecule has 2 nitrogen and oxygen atoms in total. The summed E-state index contributed by atoms with van der Waals surface area (Å²) in [6.07, 6.45) is 2.08. The zero-order chi connectivity index (χ0) is 12.4. The summed E-state index contributed by atoms with van der Waals surface area (Å²) in [5.41, 5.74) is 1.55. The van der Waals surface area contributed by atoms with Gasteiger partial charge in [-0.2, -0.15) is 0 Å². The van der Waals surface area contributed by atoms with E-state index in [1.165, 1.54) is 0 Å². The average Bonchev–Trinajstić information content (AvgIpc) is 2.36. The summed E-state index contributed by atoms with van der Waals surface area (Å²) in [6.45, 7) is 3.69. The van der Waals surface area contributed by atoms with Gasteiger partial charge in [-0.05, 0) is 50.4 Å². The molecule has 0 bridgehead atoms. The number of rotatable bonds is 2. The number of nitrogens with one attached hydrogen (secondary N) is 1. The van der Waals surface area contributed by atoms with Crippen molar-refractivity contribution in [3.63, 3.8) is 0 Å². The molecule has 1 heterocycles. The topological polar surface area (TPSA) is 21.3 Å². The Hall–Kier alpha value is -0.800. The molecule has 0 radical (unpaired) electrons. The van der Waals surface area contributed by atoms with Crippen molar-refractivity contribution in [2.24, 2.45) is 0 Å². The Balaban J connectivity index is 2.44. The fraction of sp³-hybridized carbons (Fsp3) is 0.538. The van der Waals surface area contributed by atoms with Crippen LogP contribution in [0.3, 0.4) is 0 Å². The SMILES string of the molecule is COc1c(C2CCNCC2)cc(Cl)c(F)c1C. The van der Waals surface area contributed by atoms with Gasteiger partial charge in [0.05, 0.1) is 12.1 Å². The van der Waals surface area contributed by atoms with Gasteiger partial charge in [0.1, 0.15) is 11.6 Å². The number of benzene rings is 1. The van der Waals surface area contributed by atoms with Crippen molar-refractivity contribution in [3.8, 4) is 5.75 Å². The van der Waals surface area contributed by atoms with E-state index in [1.54, 1.807) is 20.1 Å². The van der Waals surface area contributed by atoms with Gasteiger partial charge in [0.15, 0.2) is 0 Å². The van der Waals surface area contributed by atoms with Gasteiger partial charge >= 0.3 is 0 Å². The summed E-state index contributed by atoms with van der Waals surface area (Å²) in [6, 6.07) is 1.72. The molecule has 0 unspecified atom stereocenters. The molecule has 0 aromatic heterocycles. The third-order valence-corrected chi connectivity index (χ3v) is 3.68. The van der Waals surface area contributed by atoms with Crippen LogP contribution in [0.5, 0.6) is 5.75 Å². The summed E-state index contributed by atoms with van der Waals surface area (Å²) in [4.78, 5) is 0. The van der Waals surface area contributed by atoms with E-state index < -0.39 is 0 Å². The molecule has 1 aliphatic heterocycles. The maximum Gasteiger partial charge on any atom is 0.148 e. The molecule has 1 aromatic rings. The summed E-state index contributed by atoms with van der Waals surface area (Å²) >= 11 is 5.92. The third kappa shape index (κ3) is 2.40. The van der Waals surface area contributed by atoms with E-state index >= 15 is 0 Å². The van der Waals surface area contributed by atoms with Crippen LogP contribution in [0, 0.1) is 12.7 Å². The van der Waals surface area contributed by atoms with E-state index in [0.717, 1.165) is 31.5 Å². The van der Waals surface area contributed by atoms with Crippen LogP contribution in [0.4, 0.5) is 4.39 Å². The molecule has 1 fully saturated rings. The lowest BCUT2D eigenvalue weighted by Crippen LogP contribution is -2.27. The Morgan fingerprint density at radius 2 is 2.06 bits per heavy atom. The Bertz CT molecular complexity index is 416. The van der Waals surface area contributed by atoms with Gasteiger partial charge in [-0.3, -0.25) is 0 Å². The van der Waals surface area contributed by atoms with Gasteiger partial charge in [0, 0.05) is 5.56 Å². The largest absolute Gasteiger partial charge is 0.496 e. The molecule has 1 saturated heterocycles. The van der Waals surface area contributed by atoms with Crippen LogP contribution in [0.1, 0.15) is 29.9 Å². The van der Waals surface area contributed by atoms with Crippen LogP contribution in [-0.4, -0.2) is 20.2 Å². The van der Waals surface area contributed by atoms with Gasteiger partial charge in [-0.1, -0.05) is 11.6 Å². The van der Waals surface area contributed by atoms with Crippen LogP contribution in [0.2, 0.25) is 5.02 Å². The van der Waals surface area contributed by atoms with E-state index in [4.69, 9.17) is 16.3 Å². The number of piperidine rings is 1. The van der Waals surface area contributed by atoms with E-state index in [-0.39, 0.29) is 10.8 Å². The van der Waals surface area contributed by atoms with Gasteiger partial charge in [-0.15, -0.1) is 0 Å². The maximum absolute atomic E-state index is 13.7. The van der Waals surface area contributed by atoms with Crippen LogP contribution in [0.25, 0.3) is 0 Å². The van der Waals surface area contributed by atoms with Crippen molar-refractivity contribution in [3.05, 3.63) is 28.0 Å². The molecule has 1 aliphatic rings. The van der Waals surface area contributed by atoms with Crippen LogP contribution in [-0.2, 0) is 0 Å². The smallest absolute Gasteiger partial charge is 0.148 e. The first-order valence-electron chi connectivity index (χ1n) is 5.88. The third-order valence-electron chi connectivity index (χ3n) is 3.41. The Morgan fingerprint density at radius 3 is 2.65 bits per heavy atom. The highest BCUT2D eigenvalue weighted by Crippen LogP contribution is 2.38. The molecule has 0 atom stereocenters. The van der Waals surface area contributed by atoms with Crippen LogP contribution < -0.4 is 10.1 Å². The molecule has 0 spiro atoms. The maximum atomic E-state index is 13.7. The molecule has 4 heteroatoms. The fourth-order valence-corrected chi connectivity index (χ4v) is 2.73. The number of halogens is 2. The highest BCUT2D eigenvalue weighted by atomic mass is 35.5. The quantitative estimate of drug-likeness (QED) is 0.878. The lowest BCUT2D eigenvalue weighted by atomic mass is 9.88. The van der Waals surface area contributed by atoms with Crippen molar-refractivity contribution < 1.29 is 9.13 Å². The molecule has 1 N–H and O–H groups in total. The van der Waals surface area contributed by atoms with Gasteiger partial charge in [0.2, 0.25) is 0 Å². The minimum Gasteiger partial charge on any atom is -0.496 e. The first-order chi connectivity index (χ1) is 8.15. The summed E-state index contributed by atoms with van der Waals surface area (Å²) in [5, 5.41) is 3.51. The normalized spacial score (nSPS) is 17.2. The Kier molecular flexibility index (Phi) is 3.89. The Morgan fingerprint density at radius 1 is 1.41 bits per heavy atom. The highest BCUT2D eigenvalue weighted by Gasteiger charge is 2.23. The molecule has 2 rings (SSSR count). The molecular weight excluding hydrogens is 241 g/mol. The predicted octanol–water partition coefficient (Wildman–Crippen LogP) is 3.26. The first-order valence-corrected chi connectivity index (χ1v) is 6.26. The predicted molar refractivity (Wildman–Crippen MR) is 67.5 cm³/mol. The monoisotopic (exact) mass is 257 g/mol. The average molecular weight is 258 g/mol. The molecule has 0 saturated carbocycles.